The van der Waals surface area contributed by atoms with Crippen molar-refractivity contribution in [2.24, 2.45) is 0 Å². The van der Waals surface area contributed by atoms with E-state index in [0.717, 1.165) is 49.8 Å². The molecule has 0 amide bonds. The highest BCUT2D eigenvalue weighted by Gasteiger charge is 2.14. The highest BCUT2D eigenvalue weighted by molar-refractivity contribution is 6.10. The molecule has 0 radical (unpaired) electrons. The molecule has 0 unspecified atom stereocenters. The molecule has 0 fully saturated rings. The number of hydrogen-bond acceptors (Lipinski definition) is 4. The van der Waals surface area contributed by atoms with E-state index in [1.807, 2.05) is 50.3 Å². The molecule has 42 heavy (non-hydrogen) atoms. The summed E-state index contributed by atoms with van der Waals surface area (Å²) < 4.78 is 0. The van der Waals surface area contributed by atoms with Crippen molar-refractivity contribution in [3.05, 3.63) is 146 Å². The van der Waals surface area contributed by atoms with Gasteiger partial charge in [-0.05, 0) is 48.1 Å². The van der Waals surface area contributed by atoms with Crippen LogP contribution in [0.3, 0.4) is 0 Å². The first-order valence-electron chi connectivity index (χ1n) is 14.0. The van der Waals surface area contributed by atoms with E-state index >= 15 is 0 Å². The van der Waals surface area contributed by atoms with Gasteiger partial charge in [0.25, 0.3) is 0 Å². The van der Waals surface area contributed by atoms with E-state index < -0.39 is 0 Å². The number of nitrogens with zero attached hydrogens (tertiary/aromatic N) is 4. The molecular formula is C38H30N4. The molecule has 0 bridgehead atoms. The Hall–Kier alpha value is -5.48. The number of rotatable bonds is 7. The molecule has 4 nitrogen and oxygen atoms in total. The minimum absolute atomic E-state index is 0.626. The van der Waals surface area contributed by atoms with Gasteiger partial charge in [0.2, 0.25) is 0 Å². The van der Waals surface area contributed by atoms with Crippen molar-refractivity contribution in [1.82, 2.24) is 19.9 Å². The van der Waals surface area contributed by atoms with Gasteiger partial charge in [0.1, 0.15) is 0 Å². The average molecular weight is 543 g/mol. The van der Waals surface area contributed by atoms with Gasteiger partial charge in [-0.3, -0.25) is 0 Å². The zero-order valence-electron chi connectivity index (χ0n) is 23.7. The third-order valence-corrected chi connectivity index (χ3v) is 7.14. The van der Waals surface area contributed by atoms with Crippen molar-refractivity contribution in [3.63, 3.8) is 0 Å². The third kappa shape index (κ3) is 5.43. The first kappa shape index (κ1) is 26.7. The van der Waals surface area contributed by atoms with Gasteiger partial charge in [-0.25, -0.2) is 19.9 Å². The van der Waals surface area contributed by atoms with Gasteiger partial charge >= 0.3 is 0 Å². The standard InChI is InChI=1S/C38H30N4/c1-4-6-8-14-26(3)37-40-35(13-5-2)41-38(42-37)30-21-19-28(20-22-30)33-25-34(29-16-9-7-10-17-29)39-36-31-18-12-11-15-27(31)23-24-32(33)36/h4-25H,1H2,2-3H3/b8-6-,13-5+,26-14+. The van der Waals surface area contributed by atoms with E-state index in [1.165, 1.54) is 5.39 Å². The van der Waals surface area contributed by atoms with E-state index in [9.17, 15) is 0 Å². The van der Waals surface area contributed by atoms with E-state index in [2.05, 4.69) is 103 Å². The van der Waals surface area contributed by atoms with Crippen LogP contribution >= 0.6 is 0 Å². The summed E-state index contributed by atoms with van der Waals surface area (Å²) in [5.74, 6) is 1.91. The van der Waals surface area contributed by atoms with Crippen LogP contribution in [0.1, 0.15) is 25.5 Å². The van der Waals surface area contributed by atoms with Crippen molar-refractivity contribution in [1.29, 1.82) is 0 Å². The van der Waals surface area contributed by atoms with Crippen LogP contribution in [0.2, 0.25) is 0 Å². The Morgan fingerprint density at radius 2 is 1.45 bits per heavy atom. The molecule has 202 valence electrons. The van der Waals surface area contributed by atoms with Crippen molar-refractivity contribution in [2.45, 2.75) is 13.8 Å². The van der Waals surface area contributed by atoms with E-state index in [1.54, 1.807) is 6.08 Å². The second-order valence-corrected chi connectivity index (χ2v) is 9.99. The Morgan fingerprint density at radius 1 is 0.690 bits per heavy atom. The maximum Gasteiger partial charge on any atom is 0.164 e. The fraction of sp³-hybridized carbons (Fsp3) is 0.0526. The largest absolute Gasteiger partial charge is 0.247 e. The summed E-state index contributed by atoms with van der Waals surface area (Å²) in [5, 5.41) is 3.44. The van der Waals surface area contributed by atoms with Crippen molar-refractivity contribution >= 4 is 33.3 Å². The van der Waals surface area contributed by atoms with Crippen LogP contribution in [0, 0.1) is 0 Å². The van der Waals surface area contributed by atoms with Crippen molar-refractivity contribution < 1.29 is 0 Å². The fourth-order valence-electron chi connectivity index (χ4n) is 5.03. The molecule has 0 saturated heterocycles. The summed E-state index contributed by atoms with van der Waals surface area (Å²) in [5.41, 5.74) is 7.15. The highest BCUT2D eigenvalue weighted by Crippen LogP contribution is 2.36. The highest BCUT2D eigenvalue weighted by atomic mass is 15.0. The first-order chi connectivity index (χ1) is 20.6. The van der Waals surface area contributed by atoms with Crippen molar-refractivity contribution in [2.75, 3.05) is 0 Å². The monoisotopic (exact) mass is 542 g/mol. The minimum atomic E-state index is 0.626. The van der Waals surface area contributed by atoms with Crippen LogP contribution in [0.4, 0.5) is 0 Å². The molecule has 2 aromatic heterocycles. The molecule has 4 heteroatoms. The van der Waals surface area contributed by atoms with Gasteiger partial charge in [-0.2, -0.15) is 0 Å². The zero-order chi connectivity index (χ0) is 28.9. The molecule has 6 rings (SSSR count). The third-order valence-electron chi connectivity index (χ3n) is 7.14. The second-order valence-electron chi connectivity index (χ2n) is 9.99. The molecule has 0 atom stereocenters. The Morgan fingerprint density at radius 3 is 2.24 bits per heavy atom. The molecule has 2 heterocycles. The van der Waals surface area contributed by atoms with Crippen LogP contribution < -0.4 is 0 Å². The normalized spacial score (nSPS) is 12.1. The van der Waals surface area contributed by atoms with Crippen LogP contribution in [0.15, 0.2) is 134 Å². The van der Waals surface area contributed by atoms with E-state index in [0.29, 0.717) is 17.5 Å². The number of hydrogen-bond donors (Lipinski definition) is 0. The summed E-state index contributed by atoms with van der Waals surface area (Å²) >= 11 is 0. The van der Waals surface area contributed by atoms with Gasteiger partial charge in [-0.15, -0.1) is 0 Å². The summed E-state index contributed by atoms with van der Waals surface area (Å²) in [6.45, 7) is 7.69. The molecule has 0 aliphatic heterocycles. The molecule has 0 spiro atoms. The molecule has 6 aromatic rings. The topological polar surface area (TPSA) is 51.6 Å². The molecule has 4 aromatic carbocycles. The Balaban J connectivity index is 1.48. The number of allylic oxidation sites excluding steroid dienone is 6. The van der Waals surface area contributed by atoms with Gasteiger partial charge in [0, 0.05) is 21.9 Å². The van der Waals surface area contributed by atoms with Crippen molar-refractivity contribution in [3.8, 4) is 33.8 Å². The SMILES string of the molecule is C=C/C=C\C=C(/C)c1nc(/C=C/C)nc(-c2ccc(-c3cc(-c4ccccc4)nc4c3ccc3ccccc34)cc2)n1. The first-order valence-corrected chi connectivity index (χ1v) is 14.0. The molecule has 0 aliphatic rings. The van der Waals surface area contributed by atoms with Crippen LogP contribution in [0.25, 0.3) is 67.1 Å². The fourth-order valence-corrected chi connectivity index (χ4v) is 5.03. The quantitative estimate of drug-likeness (QED) is 0.149. The lowest BCUT2D eigenvalue weighted by atomic mass is 9.95. The number of benzene rings is 4. The van der Waals surface area contributed by atoms with Gasteiger partial charge in [-0.1, -0.05) is 128 Å². The molecule has 0 N–H and O–H groups in total. The van der Waals surface area contributed by atoms with Crippen LogP contribution in [-0.2, 0) is 0 Å². The summed E-state index contributed by atoms with van der Waals surface area (Å²) in [7, 11) is 0. The Labute approximate surface area is 246 Å². The summed E-state index contributed by atoms with van der Waals surface area (Å²) in [6, 6.07) is 33.8. The summed E-state index contributed by atoms with van der Waals surface area (Å²) in [4.78, 5) is 19.3. The number of pyridine rings is 1. The molecular weight excluding hydrogens is 512 g/mol. The Kier molecular flexibility index (Phi) is 7.60. The molecule has 0 saturated carbocycles. The lowest BCUT2D eigenvalue weighted by Gasteiger charge is -2.13. The Bertz CT molecular complexity index is 2000. The van der Waals surface area contributed by atoms with Crippen LogP contribution in [0.5, 0.6) is 0 Å². The van der Waals surface area contributed by atoms with Gasteiger partial charge in [0.05, 0.1) is 11.2 Å². The predicted octanol–water partition coefficient (Wildman–Crippen LogP) is 9.75. The lowest BCUT2D eigenvalue weighted by molar-refractivity contribution is 1.00. The van der Waals surface area contributed by atoms with E-state index in [-0.39, 0.29) is 0 Å². The average Bonchev–Trinajstić information content (AvgIpc) is 3.04. The maximum atomic E-state index is 5.16. The molecule has 0 aliphatic carbocycles. The summed E-state index contributed by atoms with van der Waals surface area (Å²) in [6.07, 6.45) is 11.4. The van der Waals surface area contributed by atoms with Gasteiger partial charge in [0.15, 0.2) is 17.5 Å². The van der Waals surface area contributed by atoms with E-state index in [4.69, 9.17) is 15.0 Å². The number of aromatic nitrogens is 4. The second kappa shape index (κ2) is 11.9. The van der Waals surface area contributed by atoms with Gasteiger partial charge < -0.3 is 0 Å². The lowest BCUT2D eigenvalue weighted by Crippen LogP contribution is -2.01. The zero-order valence-corrected chi connectivity index (χ0v) is 23.7. The predicted molar refractivity (Wildman–Crippen MR) is 177 cm³/mol. The van der Waals surface area contributed by atoms with Crippen LogP contribution in [-0.4, -0.2) is 19.9 Å². The maximum absolute atomic E-state index is 5.16. The smallest absolute Gasteiger partial charge is 0.164 e. The minimum Gasteiger partial charge on any atom is -0.247 e. The number of fused-ring (bicyclic) bond motifs is 3.